The average Bonchev–Trinajstić information content (AvgIpc) is 2.77. The molecule has 0 bridgehead atoms. The van der Waals surface area contributed by atoms with Crippen LogP contribution in [-0.2, 0) is 9.47 Å². The average molecular weight is 248 g/mol. The number of carbonyl (C=O) groups excluding carboxylic acids is 2. The lowest BCUT2D eigenvalue weighted by Gasteiger charge is -1.99. The fourth-order valence-corrected chi connectivity index (χ4v) is 1.80. The van der Waals surface area contributed by atoms with E-state index >= 15 is 0 Å². The maximum atomic E-state index is 11.8. The molecular weight excluding hydrogens is 236 g/mol. The van der Waals surface area contributed by atoms with Crippen LogP contribution in [0.2, 0.25) is 0 Å². The second kappa shape index (κ2) is 4.52. The van der Waals surface area contributed by atoms with Crippen LogP contribution in [0.4, 0.5) is 0 Å². The van der Waals surface area contributed by atoms with Crippen LogP contribution in [-0.4, -0.2) is 26.2 Å². The van der Waals surface area contributed by atoms with Crippen molar-refractivity contribution in [3.8, 4) is 0 Å². The highest BCUT2D eigenvalue weighted by atomic mass is 16.5. The minimum Gasteiger partial charge on any atom is -0.465 e. The van der Waals surface area contributed by atoms with Crippen LogP contribution in [0.5, 0.6) is 0 Å². The molecule has 1 aromatic heterocycles. The van der Waals surface area contributed by atoms with Gasteiger partial charge < -0.3 is 13.9 Å². The lowest BCUT2D eigenvalue weighted by molar-refractivity contribution is 0.0531. The molecule has 18 heavy (non-hydrogen) atoms. The van der Waals surface area contributed by atoms with Gasteiger partial charge in [0.1, 0.15) is 11.1 Å². The van der Waals surface area contributed by atoms with Gasteiger partial charge in [0.25, 0.3) is 0 Å². The number of benzene rings is 1. The largest absolute Gasteiger partial charge is 0.465 e. The smallest absolute Gasteiger partial charge is 0.374 e. The Bertz CT molecular complexity index is 624. The first-order valence-corrected chi connectivity index (χ1v) is 5.29. The van der Waals surface area contributed by atoms with Crippen LogP contribution in [0.25, 0.3) is 11.0 Å². The van der Waals surface area contributed by atoms with Crippen LogP contribution in [0.3, 0.4) is 0 Å². The van der Waals surface area contributed by atoms with Crippen molar-refractivity contribution >= 4 is 22.9 Å². The van der Waals surface area contributed by atoms with E-state index in [0.29, 0.717) is 11.0 Å². The van der Waals surface area contributed by atoms with Gasteiger partial charge in [-0.15, -0.1) is 0 Å². The standard InChI is InChI=1S/C13H12O5/c1-7-5-4-6-8-9(12(14)16-2)11(13(15)17-3)18-10(7)8/h4-6H,1-3H3. The number of carbonyl (C=O) groups is 2. The SMILES string of the molecule is COC(=O)c1oc2c(C)cccc2c1C(=O)OC. The molecule has 0 N–H and O–H groups in total. The topological polar surface area (TPSA) is 65.7 Å². The van der Waals surface area contributed by atoms with E-state index in [1.165, 1.54) is 14.2 Å². The summed E-state index contributed by atoms with van der Waals surface area (Å²) in [5.74, 6) is -1.46. The molecule has 0 unspecified atom stereocenters. The summed E-state index contributed by atoms with van der Waals surface area (Å²) in [7, 11) is 2.47. The highest BCUT2D eigenvalue weighted by Gasteiger charge is 2.27. The molecule has 0 aliphatic carbocycles. The van der Waals surface area contributed by atoms with Gasteiger partial charge in [0.05, 0.1) is 14.2 Å². The van der Waals surface area contributed by atoms with E-state index in [9.17, 15) is 9.59 Å². The van der Waals surface area contributed by atoms with E-state index in [4.69, 9.17) is 4.42 Å². The summed E-state index contributed by atoms with van der Waals surface area (Å²) in [6.45, 7) is 1.83. The Kier molecular flexibility index (Phi) is 3.06. The van der Waals surface area contributed by atoms with E-state index in [0.717, 1.165) is 5.56 Å². The fourth-order valence-electron chi connectivity index (χ4n) is 1.80. The quantitative estimate of drug-likeness (QED) is 0.763. The van der Waals surface area contributed by atoms with E-state index in [1.54, 1.807) is 12.1 Å². The van der Waals surface area contributed by atoms with Gasteiger partial charge in [-0.3, -0.25) is 0 Å². The summed E-state index contributed by atoms with van der Waals surface area (Å²) in [6, 6.07) is 5.30. The number of hydrogen-bond acceptors (Lipinski definition) is 5. The number of ether oxygens (including phenoxy) is 2. The summed E-state index contributed by atoms with van der Waals surface area (Å²) < 4.78 is 14.7. The molecule has 2 aromatic rings. The van der Waals surface area contributed by atoms with Gasteiger partial charge in [-0.2, -0.15) is 0 Å². The lowest BCUT2D eigenvalue weighted by Crippen LogP contribution is -2.09. The van der Waals surface area contributed by atoms with E-state index in [1.807, 2.05) is 13.0 Å². The normalized spacial score (nSPS) is 10.4. The predicted octanol–water partition coefficient (Wildman–Crippen LogP) is 2.31. The molecule has 1 heterocycles. The highest BCUT2D eigenvalue weighted by molar-refractivity contribution is 6.11. The fraction of sp³-hybridized carbons (Fsp3) is 0.231. The third-order valence-corrected chi connectivity index (χ3v) is 2.67. The number of para-hydroxylation sites is 1. The van der Waals surface area contributed by atoms with Gasteiger partial charge in [0, 0.05) is 5.39 Å². The molecule has 1 aromatic carbocycles. The number of hydrogen-bond donors (Lipinski definition) is 0. The number of methoxy groups -OCH3 is 2. The molecule has 0 atom stereocenters. The molecule has 5 nitrogen and oxygen atoms in total. The summed E-state index contributed by atoms with van der Waals surface area (Å²) >= 11 is 0. The van der Waals surface area contributed by atoms with E-state index in [-0.39, 0.29) is 11.3 Å². The second-order valence-corrected chi connectivity index (χ2v) is 3.74. The van der Waals surface area contributed by atoms with E-state index in [2.05, 4.69) is 9.47 Å². The Morgan fingerprint density at radius 3 is 2.39 bits per heavy atom. The maximum absolute atomic E-state index is 11.8. The first-order valence-electron chi connectivity index (χ1n) is 5.29. The zero-order chi connectivity index (χ0) is 13.3. The molecule has 0 aliphatic heterocycles. The number of fused-ring (bicyclic) bond motifs is 1. The zero-order valence-corrected chi connectivity index (χ0v) is 10.3. The van der Waals surface area contributed by atoms with Crippen molar-refractivity contribution in [1.82, 2.24) is 0 Å². The molecule has 0 fully saturated rings. The van der Waals surface area contributed by atoms with Crippen LogP contribution < -0.4 is 0 Å². The molecule has 0 saturated carbocycles. The van der Waals surface area contributed by atoms with Gasteiger partial charge >= 0.3 is 11.9 Å². The molecular formula is C13H12O5. The van der Waals surface area contributed by atoms with Crippen molar-refractivity contribution < 1.29 is 23.5 Å². The molecule has 0 amide bonds. The molecule has 94 valence electrons. The lowest BCUT2D eigenvalue weighted by atomic mass is 10.1. The van der Waals surface area contributed by atoms with Crippen LogP contribution >= 0.6 is 0 Å². The highest BCUT2D eigenvalue weighted by Crippen LogP contribution is 2.29. The van der Waals surface area contributed by atoms with Crippen molar-refractivity contribution in [3.05, 3.63) is 35.1 Å². The molecule has 5 heteroatoms. The summed E-state index contributed by atoms with van der Waals surface area (Å²) in [4.78, 5) is 23.4. The Morgan fingerprint density at radius 1 is 1.11 bits per heavy atom. The maximum Gasteiger partial charge on any atom is 0.374 e. The van der Waals surface area contributed by atoms with Crippen LogP contribution in [0, 0.1) is 6.92 Å². The monoisotopic (exact) mass is 248 g/mol. The first-order chi connectivity index (χ1) is 8.60. The number of aryl methyl sites for hydroxylation is 1. The van der Waals surface area contributed by atoms with Gasteiger partial charge in [-0.1, -0.05) is 18.2 Å². The van der Waals surface area contributed by atoms with Gasteiger partial charge in [-0.05, 0) is 12.5 Å². The molecule has 0 radical (unpaired) electrons. The summed E-state index contributed by atoms with van der Waals surface area (Å²) in [6.07, 6.45) is 0. The molecule has 0 aliphatic rings. The minimum absolute atomic E-state index is 0.100. The summed E-state index contributed by atoms with van der Waals surface area (Å²) in [5.41, 5.74) is 1.41. The van der Waals surface area contributed by atoms with Crippen molar-refractivity contribution in [1.29, 1.82) is 0 Å². The Labute approximate surface area is 103 Å². The Balaban J connectivity index is 2.80. The van der Waals surface area contributed by atoms with Gasteiger partial charge in [0.2, 0.25) is 5.76 Å². The van der Waals surface area contributed by atoms with Gasteiger partial charge in [-0.25, -0.2) is 9.59 Å². The van der Waals surface area contributed by atoms with Crippen molar-refractivity contribution in [2.24, 2.45) is 0 Å². The van der Waals surface area contributed by atoms with Crippen LogP contribution in [0.15, 0.2) is 22.6 Å². The Hall–Kier alpha value is -2.30. The van der Waals surface area contributed by atoms with Crippen LogP contribution in [0.1, 0.15) is 26.5 Å². The number of rotatable bonds is 2. The zero-order valence-electron chi connectivity index (χ0n) is 10.3. The predicted molar refractivity (Wildman–Crippen MR) is 63.6 cm³/mol. The Morgan fingerprint density at radius 2 is 1.78 bits per heavy atom. The molecule has 0 spiro atoms. The third-order valence-electron chi connectivity index (χ3n) is 2.67. The first kappa shape index (κ1) is 12.2. The molecule has 2 rings (SSSR count). The van der Waals surface area contributed by atoms with Crippen molar-refractivity contribution in [3.63, 3.8) is 0 Å². The number of esters is 2. The van der Waals surface area contributed by atoms with E-state index < -0.39 is 11.9 Å². The van der Waals surface area contributed by atoms with Gasteiger partial charge in [0.15, 0.2) is 0 Å². The second-order valence-electron chi connectivity index (χ2n) is 3.74. The third kappa shape index (κ3) is 1.73. The molecule has 0 saturated heterocycles. The number of furan rings is 1. The van der Waals surface area contributed by atoms with Crippen molar-refractivity contribution in [2.75, 3.05) is 14.2 Å². The van der Waals surface area contributed by atoms with Crippen molar-refractivity contribution in [2.45, 2.75) is 6.92 Å². The summed E-state index contributed by atoms with van der Waals surface area (Å²) in [5, 5.41) is 0.544. The minimum atomic E-state index is -0.703.